The summed E-state index contributed by atoms with van der Waals surface area (Å²) in [5, 5.41) is 15.3. The number of nitrogens with one attached hydrogen (secondary N) is 1. The van der Waals surface area contributed by atoms with Crippen molar-refractivity contribution in [1.29, 1.82) is 5.26 Å². The van der Waals surface area contributed by atoms with E-state index in [2.05, 4.69) is 10.2 Å². The predicted molar refractivity (Wildman–Crippen MR) is 50.4 cm³/mol. The van der Waals surface area contributed by atoms with Crippen LogP contribution in [0.5, 0.6) is 0 Å². The van der Waals surface area contributed by atoms with Crippen LogP contribution in [0.15, 0.2) is 18.2 Å². The molecule has 0 atom stereocenters. The number of H-pyrrole nitrogens is 1. The second kappa shape index (κ2) is 3.52. The smallest absolute Gasteiger partial charge is 0.280 e. The summed E-state index contributed by atoms with van der Waals surface area (Å²) in [5.74, 6) is 0. The van der Waals surface area contributed by atoms with Gasteiger partial charge in [0.25, 0.3) is 0 Å². The molecule has 2 rings (SSSR count). The lowest BCUT2D eigenvalue weighted by Gasteiger charge is -2.05. The summed E-state index contributed by atoms with van der Waals surface area (Å²) in [5.41, 5.74) is 0.0151. The lowest BCUT2D eigenvalue weighted by molar-refractivity contribution is -0.137. The maximum Gasteiger partial charge on any atom is 0.416 e. The fourth-order valence-corrected chi connectivity index (χ4v) is 1.46. The second-order valence-corrected chi connectivity index (χ2v) is 3.27. The number of rotatable bonds is 1. The summed E-state index contributed by atoms with van der Waals surface area (Å²) in [6.45, 7) is 0. The second-order valence-electron chi connectivity index (χ2n) is 3.27. The highest BCUT2D eigenvalue weighted by atomic mass is 19.4. The molecule has 0 aliphatic carbocycles. The number of hydrogen-bond acceptors (Lipinski definition) is 2. The molecule has 0 fully saturated rings. The van der Waals surface area contributed by atoms with Gasteiger partial charge in [-0.25, -0.2) is 0 Å². The average Bonchev–Trinajstić information content (AvgIpc) is 2.60. The zero-order chi connectivity index (χ0) is 11.8. The molecule has 0 amide bonds. The van der Waals surface area contributed by atoms with E-state index < -0.39 is 11.7 Å². The zero-order valence-corrected chi connectivity index (χ0v) is 7.97. The first-order valence-corrected chi connectivity index (χ1v) is 4.43. The highest BCUT2D eigenvalue weighted by Gasteiger charge is 2.30. The van der Waals surface area contributed by atoms with Gasteiger partial charge in [0.1, 0.15) is 0 Å². The van der Waals surface area contributed by atoms with Gasteiger partial charge in [0, 0.05) is 5.39 Å². The van der Waals surface area contributed by atoms with E-state index in [-0.39, 0.29) is 11.9 Å². The van der Waals surface area contributed by atoms with E-state index in [1.807, 2.05) is 6.07 Å². The summed E-state index contributed by atoms with van der Waals surface area (Å²) >= 11 is 0. The van der Waals surface area contributed by atoms with Crippen LogP contribution in [0.3, 0.4) is 0 Å². The lowest BCUT2D eigenvalue weighted by Crippen LogP contribution is -2.04. The van der Waals surface area contributed by atoms with Crippen LogP contribution in [-0.2, 0) is 12.6 Å². The molecule has 1 aromatic carbocycles. The van der Waals surface area contributed by atoms with Gasteiger partial charge < -0.3 is 0 Å². The van der Waals surface area contributed by atoms with Gasteiger partial charge >= 0.3 is 6.18 Å². The average molecular weight is 225 g/mol. The number of aromatic nitrogens is 2. The van der Waals surface area contributed by atoms with Gasteiger partial charge in [-0.3, -0.25) is 5.10 Å². The van der Waals surface area contributed by atoms with E-state index in [0.29, 0.717) is 11.1 Å². The van der Waals surface area contributed by atoms with Crippen LogP contribution in [-0.4, -0.2) is 10.2 Å². The molecule has 16 heavy (non-hydrogen) atoms. The number of hydrogen-bond donors (Lipinski definition) is 1. The normalized spacial score (nSPS) is 11.6. The fraction of sp³-hybridized carbons (Fsp3) is 0.200. The van der Waals surface area contributed by atoms with Gasteiger partial charge in [-0.1, -0.05) is 6.07 Å². The van der Waals surface area contributed by atoms with E-state index in [1.165, 1.54) is 6.07 Å². The number of fused-ring (bicyclic) bond motifs is 1. The van der Waals surface area contributed by atoms with Crippen LogP contribution >= 0.6 is 0 Å². The van der Waals surface area contributed by atoms with E-state index in [4.69, 9.17) is 5.26 Å². The quantitative estimate of drug-likeness (QED) is 0.811. The minimum absolute atomic E-state index is 0.0991. The maximum absolute atomic E-state index is 12.4. The van der Waals surface area contributed by atoms with Crippen molar-refractivity contribution in [2.75, 3.05) is 0 Å². The molecule has 6 heteroatoms. The minimum Gasteiger partial charge on any atom is -0.280 e. The lowest BCUT2D eigenvalue weighted by atomic mass is 10.1. The van der Waals surface area contributed by atoms with Crippen molar-refractivity contribution in [3.05, 3.63) is 29.5 Å². The number of halogens is 3. The van der Waals surface area contributed by atoms with Gasteiger partial charge in [0.05, 0.1) is 29.3 Å². The third kappa shape index (κ3) is 1.72. The third-order valence-corrected chi connectivity index (χ3v) is 2.22. The highest BCUT2D eigenvalue weighted by molar-refractivity contribution is 5.82. The third-order valence-electron chi connectivity index (χ3n) is 2.22. The molecule has 1 heterocycles. The molecule has 0 aliphatic heterocycles. The molecule has 2 aromatic rings. The monoisotopic (exact) mass is 225 g/mol. The molecule has 0 unspecified atom stereocenters. The van der Waals surface area contributed by atoms with Gasteiger partial charge in [0.2, 0.25) is 0 Å². The van der Waals surface area contributed by atoms with Crippen LogP contribution in [0.4, 0.5) is 13.2 Å². The summed E-state index contributed by atoms with van der Waals surface area (Å²) < 4.78 is 37.1. The molecule has 0 aliphatic rings. The van der Waals surface area contributed by atoms with Gasteiger partial charge in [0.15, 0.2) is 0 Å². The van der Waals surface area contributed by atoms with E-state index in [9.17, 15) is 13.2 Å². The van der Waals surface area contributed by atoms with Crippen LogP contribution in [0, 0.1) is 11.3 Å². The molecule has 0 bridgehead atoms. The minimum atomic E-state index is -4.37. The predicted octanol–water partition coefficient (Wildman–Crippen LogP) is 2.65. The Morgan fingerprint density at radius 2 is 2.12 bits per heavy atom. The Labute approximate surface area is 88.5 Å². The van der Waals surface area contributed by atoms with E-state index in [1.54, 1.807) is 0 Å². The van der Waals surface area contributed by atoms with Crippen molar-refractivity contribution >= 4 is 10.9 Å². The van der Waals surface area contributed by atoms with Crippen LogP contribution < -0.4 is 0 Å². The van der Waals surface area contributed by atoms with Crippen molar-refractivity contribution in [1.82, 2.24) is 10.2 Å². The zero-order valence-electron chi connectivity index (χ0n) is 7.97. The van der Waals surface area contributed by atoms with E-state index in [0.717, 1.165) is 12.1 Å². The molecular weight excluding hydrogens is 219 g/mol. The number of nitriles is 1. The van der Waals surface area contributed by atoms with Gasteiger partial charge in [-0.15, -0.1) is 0 Å². The number of nitrogens with zero attached hydrogens (tertiary/aromatic N) is 2. The van der Waals surface area contributed by atoms with Crippen molar-refractivity contribution in [2.24, 2.45) is 0 Å². The Bertz CT molecular complexity index is 563. The molecular formula is C10H6F3N3. The molecule has 1 aromatic heterocycles. The Balaban J connectivity index is 2.54. The Hall–Kier alpha value is -2.03. The van der Waals surface area contributed by atoms with Crippen molar-refractivity contribution in [2.45, 2.75) is 12.6 Å². The molecule has 82 valence electrons. The fourth-order valence-electron chi connectivity index (χ4n) is 1.46. The molecule has 3 nitrogen and oxygen atoms in total. The Kier molecular flexibility index (Phi) is 2.31. The number of alkyl halides is 3. The number of aromatic amines is 1. The molecule has 0 spiro atoms. The first-order chi connectivity index (χ1) is 7.52. The van der Waals surface area contributed by atoms with Crippen molar-refractivity contribution in [3.8, 4) is 6.07 Å². The van der Waals surface area contributed by atoms with Gasteiger partial charge in [-0.05, 0) is 12.1 Å². The molecule has 0 saturated carbocycles. The summed E-state index contributed by atoms with van der Waals surface area (Å²) in [6, 6.07) is 5.19. The first kappa shape index (κ1) is 10.5. The molecule has 0 saturated heterocycles. The number of benzene rings is 1. The van der Waals surface area contributed by atoms with Crippen molar-refractivity contribution < 1.29 is 13.2 Å². The van der Waals surface area contributed by atoms with Crippen LogP contribution in [0.1, 0.15) is 11.3 Å². The van der Waals surface area contributed by atoms with Crippen LogP contribution in [0.2, 0.25) is 0 Å². The summed E-state index contributed by atoms with van der Waals surface area (Å²) in [4.78, 5) is 0. The van der Waals surface area contributed by atoms with Crippen molar-refractivity contribution in [3.63, 3.8) is 0 Å². The Morgan fingerprint density at radius 3 is 2.75 bits per heavy atom. The highest BCUT2D eigenvalue weighted by Crippen LogP contribution is 2.31. The standard InChI is InChI=1S/C10H6F3N3/c11-10(12,13)6-1-2-7-8(3-4-14)15-16-9(7)5-6/h1-2,5H,3H2,(H,15,16). The van der Waals surface area contributed by atoms with Crippen LogP contribution in [0.25, 0.3) is 10.9 Å². The van der Waals surface area contributed by atoms with E-state index >= 15 is 0 Å². The maximum atomic E-state index is 12.4. The van der Waals surface area contributed by atoms with Gasteiger partial charge in [-0.2, -0.15) is 23.5 Å². The SMILES string of the molecule is N#CCc1[nH]nc2cc(C(F)(F)F)ccc12. The molecule has 1 N–H and O–H groups in total. The topological polar surface area (TPSA) is 52.5 Å². The molecule has 0 radical (unpaired) electrons. The summed E-state index contributed by atoms with van der Waals surface area (Å²) in [6.07, 6.45) is -4.27. The largest absolute Gasteiger partial charge is 0.416 e. The first-order valence-electron chi connectivity index (χ1n) is 4.43. The Morgan fingerprint density at radius 1 is 1.38 bits per heavy atom. The summed E-state index contributed by atoms with van der Waals surface area (Å²) in [7, 11) is 0.